The SMILES string of the molecule is N#COc1ccc2c(c1)C(=O)N(C1CCC(=O)NC1=O)C2=O. The quantitative estimate of drug-likeness (QED) is 0.604. The molecule has 1 aromatic carbocycles. The van der Waals surface area contributed by atoms with E-state index in [0.717, 1.165) is 4.90 Å². The van der Waals surface area contributed by atoms with Crippen molar-refractivity contribution < 1.29 is 23.9 Å². The Labute approximate surface area is 124 Å². The third-order valence-electron chi connectivity index (χ3n) is 3.57. The van der Waals surface area contributed by atoms with E-state index >= 15 is 0 Å². The Morgan fingerprint density at radius 3 is 2.59 bits per heavy atom. The van der Waals surface area contributed by atoms with E-state index < -0.39 is 29.7 Å². The Balaban J connectivity index is 1.95. The molecule has 1 atom stereocenters. The lowest BCUT2D eigenvalue weighted by Crippen LogP contribution is -2.54. The molecule has 1 fully saturated rings. The summed E-state index contributed by atoms with van der Waals surface area (Å²) >= 11 is 0. The van der Waals surface area contributed by atoms with Gasteiger partial charge in [-0.1, -0.05) is 0 Å². The number of nitrogens with one attached hydrogen (secondary N) is 1. The zero-order valence-electron chi connectivity index (χ0n) is 11.2. The standard InChI is InChI=1S/C14H9N3O5/c15-6-22-7-1-2-8-9(5-7)14(21)17(13(8)20)10-3-4-11(18)16-12(10)19/h1-2,5,10H,3-4H2,(H,16,18,19). The Morgan fingerprint density at radius 1 is 1.18 bits per heavy atom. The maximum absolute atomic E-state index is 12.4. The Morgan fingerprint density at radius 2 is 1.91 bits per heavy atom. The number of piperidine rings is 1. The maximum atomic E-state index is 12.4. The average Bonchev–Trinajstić information content (AvgIpc) is 2.72. The number of hydrogen-bond donors (Lipinski definition) is 1. The van der Waals surface area contributed by atoms with Crippen LogP contribution in [0.15, 0.2) is 18.2 Å². The first kappa shape index (κ1) is 13.8. The lowest BCUT2D eigenvalue weighted by atomic mass is 10.0. The van der Waals surface area contributed by atoms with Crippen LogP contribution in [-0.4, -0.2) is 34.6 Å². The van der Waals surface area contributed by atoms with E-state index in [-0.39, 0.29) is 29.7 Å². The van der Waals surface area contributed by atoms with Gasteiger partial charge in [-0.25, -0.2) is 0 Å². The van der Waals surface area contributed by atoms with Crippen LogP contribution in [0.3, 0.4) is 0 Å². The van der Waals surface area contributed by atoms with Gasteiger partial charge in [0, 0.05) is 6.42 Å². The van der Waals surface area contributed by atoms with E-state index in [1.807, 2.05) is 0 Å². The highest BCUT2D eigenvalue weighted by Gasteiger charge is 2.44. The molecule has 0 bridgehead atoms. The molecule has 0 spiro atoms. The Kier molecular flexibility index (Phi) is 3.10. The van der Waals surface area contributed by atoms with Crippen molar-refractivity contribution >= 4 is 23.6 Å². The predicted molar refractivity (Wildman–Crippen MR) is 69.4 cm³/mol. The van der Waals surface area contributed by atoms with Crippen LogP contribution >= 0.6 is 0 Å². The summed E-state index contributed by atoms with van der Waals surface area (Å²) in [6.45, 7) is 0. The summed E-state index contributed by atoms with van der Waals surface area (Å²) < 4.78 is 4.63. The van der Waals surface area contributed by atoms with Crippen LogP contribution in [0.4, 0.5) is 0 Å². The minimum Gasteiger partial charge on any atom is -0.388 e. The number of carbonyl (C=O) groups is 4. The molecule has 1 saturated heterocycles. The number of fused-ring (bicyclic) bond motifs is 1. The number of ether oxygens (including phenoxy) is 1. The van der Waals surface area contributed by atoms with Gasteiger partial charge in [-0.2, -0.15) is 0 Å². The third-order valence-corrected chi connectivity index (χ3v) is 3.57. The fourth-order valence-corrected chi connectivity index (χ4v) is 2.57. The van der Waals surface area contributed by atoms with Crippen molar-refractivity contribution in [3.8, 4) is 12.0 Å². The topological polar surface area (TPSA) is 117 Å². The first-order valence-corrected chi connectivity index (χ1v) is 6.44. The fourth-order valence-electron chi connectivity index (χ4n) is 2.57. The minimum atomic E-state index is -1.01. The molecule has 4 amide bonds. The number of benzene rings is 1. The van der Waals surface area contributed by atoms with E-state index in [1.165, 1.54) is 24.5 Å². The molecule has 22 heavy (non-hydrogen) atoms. The van der Waals surface area contributed by atoms with Gasteiger partial charge < -0.3 is 4.74 Å². The summed E-state index contributed by atoms with van der Waals surface area (Å²) in [4.78, 5) is 48.6. The number of rotatable bonds is 2. The molecule has 1 aromatic rings. The lowest BCUT2D eigenvalue weighted by Gasteiger charge is -2.27. The van der Waals surface area contributed by atoms with E-state index in [4.69, 9.17) is 5.26 Å². The third kappa shape index (κ3) is 2.00. The number of hydrogen-bond acceptors (Lipinski definition) is 6. The molecule has 110 valence electrons. The van der Waals surface area contributed by atoms with Gasteiger partial charge >= 0.3 is 0 Å². The summed E-state index contributed by atoms with van der Waals surface area (Å²) in [6.07, 6.45) is 1.63. The molecule has 2 heterocycles. The molecule has 0 saturated carbocycles. The van der Waals surface area contributed by atoms with E-state index in [0.29, 0.717) is 0 Å². The van der Waals surface area contributed by atoms with Crippen molar-refractivity contribution in [3.05, 3.63) is 29.3 Å². The van der Waals surface area contributed by atoms with Crippen LogP contribution < -0.4 is 10.1 Å². The van der Waals surface area contributed by atoms with E-state index in [2.05, 4.69) is 10.1 Å². The number of amides is 4. The molecule has 0 radical (unpaired) electrons. The van der Waals surface area contributed by atoms with Crippen LogP contribution in [-0.2, 0) is 9.59 Å². The maximum Gasteiger partial charge on any atom is 0.292 e. The van der Waals surface area contributed by atoms with Gasteiger partial charge in [0.05, 0.1) is 11.1 Å². The lowest BCUT2D eigenvalue weighted by molar-refractivity contribution is -0.136. The number of nitriles is 1. The van der Waals surface area contributed by atoms with Crippen LogP contribution in [0.1, 0.15) is 33.6 Å². The van der Waals surface area contributed by atoms with Crippen molar-refractivity contribution in [2.24, 2.45) is 0 Å². The molecule has 2 aliphatic rings. The van der Waals surface area contributed by atoms with Crippen molar-refractivity contribution in [2.75, 3.05) is 0 Å². The number of nitrogens with zero attached hydrogens (tertiary/aromatic N) is 2. The molecule has 1 N–H and O–H groups in total. The highest BCUT2D eigenvalue weighted by atomic mass is 16.5. The fraction of sp³-hybridized carbons (Fsp3) is 0.214. The molecule has 0 aromatic heterocycles. The molecule has 8 heteroatoms. The van der Waals surface area contributed by atoms with Crippen molar-refractivity contribution in [2.45, 2.75) is 18.9 Å². The first-order valence-electron chi connectivity index (χ1n) is 6.44. The van der Waals surface area contributed by atoms with Crippen molar-refractivity contribution in [1.82, 2.24) is 10.2 Å². The first-order chi connectivity index (χ1) is 10.5. The number of imide groups is 2. The second-order valence-electron chi connectivity index (χ2n) is 4.85. The van der Waals surface area contributed by atoms with Gasteiger partial charge in [-0.3, -0.25) is 29.4 Å². The van der Waals surface area contributed by atoms with Gasteiger partial charge in [-0.15, -0.1) is 5.26 Å². The summed E-state index contributed by atoms with van der Waals surface area (Å²) in [5.41, 5.74) is 0.211. The van der Waals surface area contributed by atoms with Crippen LogP contribution in [0.25, 0.3) is 0 Å². The molecular weight excluding hydrogens is 290 g/mol. The van der Waals surface area contributed by atoms with Crippen LogP contribution in [0.2, 0.25) is 0 Å². The summed E-state index contributed by atoms with van der Waals surface area (Å²) in [5, 5.41) is 10.6. The second-order valence-corrected chi connectivity index (χ2v) is 4.85. The van der Waals surface area contributed by atoms with E-state index in [9.17, 15) is 19.2 Å². The van der Waals surface area contributed by atoms with Crippen LogP contribution in [0, 0.1) is 11.5 Å². The number of carbonyl (C=O) groups excluding carboxylic acids is 4. The molecule has 2 aliphatic heterocycles. The van der Waals surface area contributed by atoms with Gasteiger partial charge in [0.2, 0.25) is 11.8 Å². The molecule has 1 unspecified atom stereocenters. The average molecular weight is 299 g/mol. The van der Waals surface area contributed by atoms with Gasteiger partial charge in [0.15, 0.2) is 0 Å². The van der Waals surface area contributed by atoms with Gasteiger partial charge in [0.25, 0.3) is 18.1 Å². The zero-order valence-corrected chi connectivity index (χ0v) is 11.2. The highest BCUT2D eigenvalue weighted by molar-refractivity contribution is 6.23. The summed E-state index contributed by atoms with van der Waals surface area (Å²) in [7, 11) is 0. The zero-order chi connectivity index (χ0) is 15.9. The molecule has 0 aliphatic carbocycles. The largest absolute Gasteiger partial charge is 0.388 e. The van der Waals surface area contributed by atoms with Crippen molar-refractivity contribution in [1.29, 1.82) is 5.26 Å². The Bertz CT molecular complexity index is 764. The van der Waals surface area contributed by atoms with Gasteiger partial charge in [0.1, 0.15) is 11.8 Å². The van der Waals surface area contributed by atoms with E-state index in [1.54, 1.807) is 0 Å². The van der Waals surface area contributed by atoms with Crippen LogP contribution in [0.5, 0.6) is 5.75 Å². The van der Waals surface area contributed by atoms with Crippen molar-refractivity contribution in [3.63, 3.8) is 0 Å². The molecule has 3 rings (SSSR count). The highest BCUT2D eigenvalue weighted by Crippen LogP contribution is 2.30. The summed E-state index contributed by atoms with van der Waals surface area (Å²) in [6, 6.07) is 3.03. The molecular formula is C14H9N3O5. The normalized spacial score (nSPS) is 20.5. The minimum absolute atomic E-state index is 0.0621. The predicted octanol–water partition coefficient (Wildman–Crippen LogP) is -0.0523. The molecule has 8 nitrogen and oxygen atoms in total. The monoisotopic (exact) mass is 299 g/mol. The Hall–Kier alpha value is -3.21. The van der Waals surface area contributed by atoms with Gasteiger partial charge in [-0.05, 0) is 24.6 Å². The summed E-state index contributed by atoms with van der Waals surface area (Å²) in [5.74, 6) is -2.20. The smallest absolute Gasteiger partial charge is 0.292 e. The second kappa shape index (κ2) is 4.96.